The molecule has 35 heavy (non-hydrogen) atoms. The van der Waals surface area contributed by atoms with Gasteiger partial charge in [0.05, 0.1) is 35.6 Å². The van der Waals surface area contributed by atoms with E-state index in [2.05, 4.69) is 11.5 Å². The molecule has 0 N–H and O–H groups in total. The fraction of sp³-hybridized carbons (Fsp3) is 0.462. The lowest BCUT2D eigenvalue weighted by atomic mass is 10.2. The number of imidazole rings is 1. The van der Waals surface area contributed by atoms with Gasteiger partial charge in [0.2, 0.25) is 10.0 Å². The zero-order valence-corrected chi connectivity index (χ0v) is 21.2. The Kier molecular flexibility index (Phi) is 8.20. The second kappa shape index (κ2) is 11.3. The van der Waals surface area contributed by atoms with Crippen LogP contribution in [0.15, 0.2) is 47.4 Å². The molecule has 9 heteroatoms. The highest BCUT2D eigenvalue weighted by Crippen LogP contribution is 2.24. The number of esters is 1. The number of rotatable bonds is 10. The van der Waals surface area contributed by atoms with Crippen LogP contribution in [0.3, 0.4) is 0 Å². The van der Waals surface area contributed by atoms with Crippen LogP contribution in [0.4, 0.5) is 0 Å². The van der Waals surface area contributed by atoms with Crippen LogP contribution in [0.25, 0.3) is 11.0 Å². The second-order valence-corrected chi connectivity index (χ2v) is 10.8. The van der Waals surface area contributed by atoms with Crippen LogP contribution >= 0.6 is 0 Å². The Bertz CT molecular complexity index is 1260. The number of sulfonamides is 1. The highest BCUT2D eigenvalue weighted by molar-refractivity contribution is 7.89. The summed E-state index contributed by atoms with van der Waals surface area (Å²) >= 11 is 0. The van der Waals surface area contributed by atoms with Gasteiger partial charge in [0.25, 0.3) is 0 Å². The minimum Gasteiger partial charge on any atom is -0.461 e. The summed E-state index contributed by atoms with van der Waals surface area (Å²) in [5, 5.41) is 0. The third-order valence-corrected chi connectivity index (χ3v) is 8.11. The van der Waals surface area contributed by atoms with Gasteiger partial charge in [-0.25, -0.2) is 13.4 Å². The standard InChI is InChI=1S/C26H33N3O5S/c1-3-4-13-29-24-10-9-22(35(31,32)28-14-16-33-17-15-28)18-23(24)27-25(29)11-12-26(30)34-19-21-7-5-20(2)6-8-21/h5-10,18H,3-4,11-17,19H2,1-2H3. The van der Waals surface area contributed by atoms with E-state index in [9.17, 15) is 13.2 Å². The summed E-state index contributed by atoms with van der Waals surface area (Å²) in [5.41, 5.74) is 3.61. The summed E-state index contributed by atoms with van der Waals surface area (Å²) in [7, 11) is -3.61. The molecule has 0 spiro atoms. The molecule has 0 unspecified atom stereocenters. The highest BCUT2D eigenvalue weighted by atomic mass is 32.2. The average Bonchev–Trinajstić information content (AvgIpc) is 3.23. The van der Waals surface area contributed by atoms with Crippen molar-refractivity contribution in [3.8, 4) is 0 Å². The molecule has 1 aliphatic rings. The van der Waals surface area contributed by atoms with Gasteiger partial charge in [-0.05, 0) is 37.1 Å². The van der Waals surface area contributed by atoms with Crippen molar-refractivity contribution in [1.82, 2.24) is 13.9 Å². The van der Waals surface area contributed by atoms with E-state index in [0.717, 1.165) is 41.9 Å². The number of hydrogen-bond donors (Lipinski definition) is 0. The summed E-state index contributed by atoms with van der Waals surface area (Å²) in [4.78, 5) is 17.4. The molecule has 4 rings (SSSR count). The number of morpholine rings is 1. The van der Waals surface area contributed by atoms with Gasteiger partial charge in [0, 0.05) is 26.1 Å². The lowest BCUT2D eigenvalue weighted by Crippen LogP contribution is -2.40. The van der Waals surface area contributed by atoms with Gasteiger partial charge >= 0.3 is 5.97 Å². The first-order valence-corrected chi connectivity index (χ1v) is 13.6. The Balaban J connectivity index is 1.49. The molecule has 0 bridgehead atoms. The van der Waals surface area contributed by atoms with Crippen molar-refractivity contribution in [3.63, 3.8) is 0 Å². The second-order valence-electron chi connectivity index (χ2n) is 8.85. The number of benzene rings is 2. The third-order valence-electron chi connectivity index (χ3n) is 6.22. The van der Waals surface area contributed by atoms with Gasteiger partial charge in [0.15, 0.2) is 0 Å². The molecule has 0 amide bonds. The van der Waals surface area contributed by atoms with Crippen LogP contribution < -0.4 is 0 Å². The Morgan fingerprint density at radius 3 is 2.57 bits per heavy atom. The first kappa shape index (κ1) is 25.3. The van der Waals surface area contributed by atoms with E-state index in [1.54, 1.807) is 12.1 Å². The zero-order valence-electron chi connectivity index (χ0n) is 20.4. The summed E-state index contributed by atoms with van der Waals surface area (Å²) in [6.45, 7) is 6.64. The van der Waals surface area contributed by atoms with Gasteiger partial charge in [-0.15, -0.1) is 0 Å². The van der Waals surface area contributed by atoms with E-state index in [1.165, 1.54) is 4.31 Å². The molecule has 0 aliphatic carbocycles. The normalized spacial score (nSPS) is 14.9. The number of carbonyl (C=O) groups excluding carboxylic acids is 1. The molecule has 2 aromatic carbocycles. The number of unbranched alkanes of at least 4 members (excludes halogenated alkanes) is 1. The van der Waals surface area contributed by atoms with Crippen LogP contribution in [0.5, 0.6) is 0 Å². The Hall–Kier alpha value is -2.75. The molecular formula is C26H33N3O5S. The molecule has 8 nitrogen and oxygen atoms in total. The van der Waals surface area contributed by atoms with Gasteiger partial charge in [-0.2, -0.15) is 4.31 Å². The van der Waals surface area contributed by atoms with Crippen molar-refractivity contribution in [3.05, 3.63) is 59.4 Å². The van der Waals surface area contributed by atoms with Crippen molar-refractivity contribution < 1.29 is 22.7 Å². The van der Waals surface area contributed by atoms with E-state index in [-0.39, 0.29) is 23.9 Å². The predicted molar refractivity (Wildman–Crippen MR) is 134 cm³/mol. The van der Waals surface area contributed by atoms with Crippen LogP contribution in [-0.4, -0.2) is 54.5 Å². The van der Waals surface area contributed by atoms with Crippen molar-refractivity contribution in [1.29, 1.82) is 0 Å². The van der Waals surface area contributed by atoms with Crippen molar-refractivity contribution in [2.45, 2.75) is 57.6 Å². The molecule has 1 aromatic heterocycles. The van der Waals surface area contributed by atoms with Gasteiger partial charge in [-0.1, -0.05) is 43.2 Å². The molecule has 188 valence electrons. The van der Waals surface area contributed by atoms with Crippen molar-refractivity contribution in [2.24, 2.45) is 0 Å². The van der Waals surface area contributed by atoms with Crippen molar-refractivity contribution in [2.75, 3.05) is 26.3 Å². The maximum atomic E-state index is 13.1. The summed E-state index contributed by atoms with van der Waals surface area (Å²) in [6, 6.07) is 13.0. The van der Waals surface area contributed by atoms with E-state index in [0.29, 0.717) is 38.2 Å². The Morgan fingerprint density at radius 2 is 1.86 bits per heavy atom. The monoisotopic (exact) mass is 499 g/mol. The zero-order chi connectivity index (χ0) is 24.8. The third kappa shape index (κ3) is 6.09. The van der Waals surface area contributed by atoms with Crippen molar-refractivity contribution >= 4 is 27.0 Å². The summed E-state index contributed by atoms with van der Waals surface area (Å²) in [6.07, 6.45) is 2.61. The van der Waals surface area contributed by atoms with Gasteiger partial charge < -0.3 is 14.0 Å². The fourth-order valence-electron chi connectivity index (χ4n) is 4.15. The summed E-state index contributed by atoms with van der Waals surface area (Å²) < 4.78 is 40.5. The lowest BCUT2D eigenvalue weighted by Gasteiger charge is -2.26. The Morgan fingerprint density at radius 1 is 1.11 bits per heavy atom. The number of nitrogens with zero attached hydrogens (tertiary/aromatic N) is 3. The molecule has 3 aromatic rings. The van der Waals surface area contributed by atoms with Gasteiger partial charge in [-0.3, -0.25) is 4.79 Å². The number of hydrogen-bond acceptors (Lipinski definition) is 6. The first-order valence-electron chi connectivity index (χ1n) is 12.2. The quantitative estimate of drug-likeness (QED) is 0.394. The van der Waals surface area contributed by atoms with Gasteiger partial charge in [0.1, 0.15) is 12.4 Å². The molecule has 1 aliphatic heterocycles. The van der Waals surface area contributed by atoms with E-state index in [4.69, 9.17) is 14.5 Å². The Labute approximate surface area is 206 Å². The number of aryl methyl sites for hydroxylation is 3. The van der Waals surface area contributed by atoms with E-state index < -0.39 is 10.0 Å². The van der Waals surface area contributed by atoms with E-state index >= 15 is 0 Å². The number of aromatic nitrogens is 2. The smallest absolute Gasteiger partial charge is 0.306 e. The van der Waals surface area contributed by atoms with Crippen LogP contribution in [-0.2, 0) is 43.9 Å². The maximum absolute atomic E-state index is 13.1. The number of fused-ring (bicyclic) bond motifs is 1. The summed E-state index contributed by atoms with van der Waals surface area (Å²) in [5.74, 6) is 0.483. The lowest BCUT2D eigenvalue weighted by molar-refractivity contribution is -0.144. The minimum absolute atomic E-state index is 0.209. The molecule has 2 heterocycles. The van der Waals surface area contributed by atoms with Crippen LogP contribution in [0, 0.1) is 6.92 Å². The largest absolute Gasteiger partial charge is 0.461 e. The SMILES string of the molecule is CCCCn1c(CCC(=O)OCc2ccc(C)cc2)nc2cc(S(=O)(=O)N3CCOCC3)ccc21. The number of ether oxygens (including phenoxy) is 2. The maximum Gasteiger partial charge on any atom is 0.306 e. The average molecular weight is 500 g/mol. The highest BCUT2D eigenvalue weighted by Gasteiger charge is 2.27. The molecule has 1 fully saturated rings. The first-order chi connectivity index (χ1) is 16.9. The predicted octanol–water partition coefficient (Wildman–Crippen LogP) is 3.84. The number of carbonyl (C=O) groups is 1. The molecule has 0 radical (unpaired) electrons. The molecular weight excluding hydrogens is 466 g/mol. The molecule has 0 saturated carbocycles. The van der Waals surface area contributed by atoms with Crippen LogP contribution in [0.1, 0.15) is 43.1 Å². The fourth-order valence-corrected chi connectivity index (χ4v) is 5.58. The topological polar surface area (TPSA) is 90.7 Å². The molecule has 0 atom stereocenters. The van der Waals surface area contributed by atoms with Crippen LogP contribution in [0.2, 0.25) is 0 Å². The minimum atomic E-state index is -3.61. The van der Waals surface area contributed by atoms with E-state index in [1.807, 2.05) is 37.3 Å². The molecule has 1 saturated heterocycles.